The Balaban J connectivity index is 1.24. The quantitative estimate of drug-likeness (QED) is 0.348. The number of rotatable bonds is 9. The summed E-state index contributed by atoms with van der Waals surface area (Å²) < 4.78 is 11.1. The van der Waals surface area contributed by atoms with Crippen LogP contribution in [0.2, 0.25) is 0 Å². The standard InChI is InChI=1S/C25H21N5O5S/c1-34-20-5-3-2-4-17(20)19-13-26-11-8-18(19)21(31)28-23-29-30-24(36-23)35-14-16-7-6-15(12-27-16)25(9-10-25)22(32)33/h2-8,11-13H,9-10,14H2,1H3,(H,32,33)(H,28,29,31). The fourth-order valence-corrected chi connectivity index (χ4v) is 4.43. The highest BCUT2D eigenvalue weighted by Gasteiger charge is 2.51. The van der Waals surface area contributed by atoms with E-state index in [0.717, 1.165) is 16.9 Å². The normalized spacial score (nSPS) is 13.6. The Kier molecular flexibility index (Phi) is 6.30. The highest BCUT2D eigenvalue weighted by molar-refractivity contribution is 7.17. The maximum Gasteiger partial charge on any atom is 0.314 e. The molecule has 0 bridgehead atoms. The van der Waals surface area contributed by atoms with Crippen molar-refractivity contribution in [2.45, 2.75) is 24.9 Å². The molecule has 182 valence electrons. The van der Waals surface area contributed by atoms with E-state index in [-0.39, 0.29) is 22.8 Å². The van der Waals surface area contributed by atoms with Crippen LogP contribution in [0.5, 0.6) is 10.9 Å². The van der Waals surface area contributed by atoms with Crippen LogP contribution in [0.1, 0.15) is 34.5 Å². The van der Waals surface area contributed by atoms with Gasteiger partial charge in [-0.15, -0.1) is 5.10 Å². The number of nitrogens with zero attached hydrogens (tertiary/aromatic N) is 4. The molecule has 4 aromatic rings. The first kappa shape index (κ1) is 23.4. The minimum absolute atomic E-state index is 0.130. The van der Waals surface area contributed by atoms with E-state index in [9.17, 15) is 14.7 Å². The second-order valence-corrected chi connectivity index (χ2v) is 9.10. The van der Waals surface area contributed by atoms with Gasteiger partial charge in [0, 0.05) is 29.7 Å². The molecule has 1 fully saturated rings. The van der Waals surface area contributed by atoms with Gasteiger partial charge in [-0.25, -0.2) is 0 Å². The Morgan fingerprint density at radius 2 is 1.92 bits per heavy atom. The van der Waals surface area contributed by atoms with Gasteiger partial charge < -0.3 is 14.6 Å². The van der Waals surface area contributed by atoms with Crippen LogP contribution in [0.4, 0.5) is 5.13 Å². The predicted molar refractivity (Wildman–Crippen MR) is 131 cm³/mol. The number of aliphatic carboxylic acids is 1. The van der Waals surface area contributed by atoms with E-state index < -0.39 is 11.4 Å². The summed E-state index contributed by atoms with van der Waals surface area (Å²) in [6, 6.07) is 12.5. The molecule has 36 heavy (non-hydrogen) atoms. The summed E-state index contributed by atoms with van der Waals surface area (Å²) >= 11 is 1.08. The van der Waals surface area contributed by atoms with E-state index in [1.807, 2.05) is 24.3 Å². The Morgan fingerprint density at radius 3 is 2.64 bits per heavy atom. The number of nitrogens with one attached hydrogen (secondary N) is 1. The molecule has 5 rings (SSSR count). The number of carboxylic acids is 1. The van der Waals surface area contributed by atoms with Gasteiger partial charge in [0.2, 0.25) is 5.13 Å². The molecule has 1 aliphatic carbocycles. The van der Waals surface area contributed by atoms with Crippen LogP contribution in [0.25, 0.3) is 11.1 Å². The van der Waals surface area contributed by atoms with Crippen LogP contribution in [0.3, 0.4) is 0 Å². The number of anilines is 1. The van der Waals surface area contributed by atoms with Crippen molar-refractivity contribution in [2.75, 3.05) is 12.4 Å². The first-order valence-corrected chi connectivity index (χ1v) is 11.9. The minimum atomic E-state index is -0.821. The molecular weight excluding hydrogens is 482 g/mol. The van der Waals surface area contributed by atoms with Crippen molar-refractivity contribution in [3.63, 3.8) is 0 Å². The second kappa shape index (κ2) is 9.70. The third-order valence-corrected chi connectivity index (χ3v) is 6.72. The third-order valence-electron chi connectivity index (χ3n) is 5.97. The van der Waals surface area contributed by atoms with Gasteiger partial charge in [0.25, 0.3) is 11.1 Å². The van der Waals surface area contributed by atoms with Crippen LogP contribution >= 0.6 is 11.3 Å². The lowest BCUT2D eigenvalue weighted by Gasteiger charge is -2.11. The smallest absolute Gasteiger partial charge is 0.314 e. The molecule has 0 radical (unpaired) electrons. The molecule has 3 aromatic heterocycles. The van der Waals surface area contributed by atoms with Gasteiger partial charge in [0.05, 0.1) is 23.8 Å². The highest BCUT2D eigenvalue weighted by Crippen LogP contribution is 2.48. The average molecular weight is 504 g/mol. The molecule has 0 atom stereocenters. The van der Waals surface area contributed by atoms with Crippen LogP contribution in [0, 0.1) is 0 Å². The number of methoxy groups -OCH3 is 1. The number of amides is 1. The lowest BCUT2D eigenvalue weighted by Crippen LogP contribution is -2.19. The Labute approximate surface area is 210 Å². The van der Waals surface area contributed by atoms with E-state index in [4.69, 9.17) is 9.47 Å². The van der Waals surface area contributed by atoms with Crippen molar-refractivity contribution in [3.8, 4) is 22.1 Å². The number of ether oxygens (including phenoxy) is 2. The fraction of sp³-hybridized carbons (Fsp3) is 0.200. The van der Waals surface area contributed by atoms with E-state index in [2.05, 4.69) is 25.5 Å². The highest BCUT2D eigenvalue weighted by atomic mass is 32.1. The zero-order chi connectivity index (χ0) is 25.1. The zero-order valence-corrected chi connectivity index (χ0v) is 20.0. The van der Waals surface area contributed by atoms with Crippen molar-refractivity contribution < 1.29 is 24.2 Å². The first-order chi connectivity index (χ1) is 17.5. The molecule has 0 unspecified atom stereocenters. The Hall–Kier alpha value is -4.38. The summed E-state index contributed by atoms with van der Waals surface area (Å²) in [5.74, 6) is -0.563. The van der Waals surface area contributed by atoms with E-state index in [1.165, 1.54) is 0 Å². The number of hydrogen-bond acceptors (Lipinski definition) is 9. The molecule has 1 aromatic carbocycles. The van der Waals surface area contributed by atoms with Gasteiger partial charge >= 0.3 is 5.97 Å². The largest absolute Gasteiger partial charge is 0.496 e. The van der Waals surface area contributed by atoms with Gasteiger partial charge in [-0.05, 0) is 47.9 Å². The number of benzene rings is 1. The minimum Gasteiger partial charge on any atom is -0.496 e. The molecule has 0 aliphatic heterocycles. The number of carboxylic acid groups (broad SMARTS) is 1. The number of hydrogen-bond donors (Lipinski definition) is 2. The van der Waals surface area contributed by atoms with E-state index in [1.54, 1.807) is 43.9 Å². The maximum absolute atomic E-state index is 13.0. The lowest BCUT2D eigenvalue weighted by molar-refractivity contribution is -0.140. The van der Waals surface area contributed by atoms with Gasteiger partial charge in [0.15, 0.2) is 0 Å². The summed E-state index contributed by atoms with van der Waals surface area (Å²) in [5.41, 5.74) is 2.31. The predicted octanol–water partition coefficient (Wildman–Crippen LogP) is 3.95. The van der Waals surface area contributed by atoms with Crippen molar-refractivity contribution in [3.05, 3.63) is 77.9 Å². The second-order valence-electron chi connectivity index (χ2n) is 8.16. The van der Waals surface area contributed by atoms with E-state index in [0.29, 0.717) is 41.0 Å². The van der Waals surface area contributed by atoms with Crippen molar-refractivity contribution in [2.24, 2.45) is 0 Å². The fourth-order valence-electron chi connectivity index (χ4n) is 3.84. The van der Waals surface area contributed by atoms with Crippen molar-refractivity contribution in [1.29, 1.82) is 0 Å². The summed E-state index contributed by atoms with van der Waals surface area (Å²) in [4.78, 5) is 33.0. The zero-order valence-electron chi connectivity index (χ0n) is 19.2. The van der Waals surface area contributed by atoms with Gasteiger partial charge in [-0.2, -0.15) is 0 Å². The molecule has 3 heterocycles. The van der Waals surface area contributed by atoms with E-state index >= 15 is 0 Å². The number of pyridine rings is 2. The third kappa shape index (κ3) is 4.60. The van der Waals surface area contributed by atoms with Gasteiger partial charge in [0.1, 0.15) is 12.4 Å². The van der Waals surface area contributed by atoms with Crippen LogP contribution in [-0.4, -0.2) is 44.3 Å². The van der Waals surface area contributed by atoms with Crippen LogP contribution in [0.15, 0.2) is 61.1 Å². The lowest BCUT2D eigenvalue weighted by atomic mass is 9.98. The Morgan fingerprint density at radius 1 is 1.08 bits per heavy atom. The molecule has 1 amide bonds. The molecular formula is C25H21N5O5S. The Bertz CT molecular complexity index is 1420. The monoisotopic (exact) mass is 503 g/mol. The van der Waals surface area contributed by atoms with Crippen LogP contribution < -0.4 is 14.8 Å². The molecule has 1 saturated carbocycles. The average Bonchev–Trinajstić information content (AvgIpc) is 3.62. The summed E-state index contributed by atoms with van der Waals surface area (Å²) in [6.07, 6.45) is 5.99. The molecule has 2 N–H and O–H groups in total. The number of aromatic nitrogens is 4. The van der Waals surface area contributed by atoms with Crippen LogP contribution in [-0.2, 0) is 16.8 Å². The topological polar surface area (TPSA) is 136 Å². The number of carbonyl (C=O) groups excluding carboxylic acids is 1. The summed E-state index contributed by atoms with van der Waals surface area (Å²) in [7, 11) is 1.57. The number of para-hydroxylation sites is 1. The van der Waals surface area contributed by atoms with Gasteiger partial charge in [-0.3, -0.25) is 24.9 Å². The van der Waals surface area contributed by atoms with Crippen molar-refractivity contribution >= 4 is 28.3 Å². The maximum atomic E-state index is 13.0. The van der Waals surface area contributed by atoms with Crippen molar-refractivity contribution in [1.82, 2.24) is 20.2 Å². The number of carbonyl (C=O) groups is 2. The first-order valence-electron chi connectivity index (χ1n) is 11.0. The molecule has 11 heteroatoms. The molecule has 10 nitrogen and oxygen atoms in total. The summed E-state index contributed by atoms with van der Waals surface area (Å²) in [6.45, 7) is 0.130. The molecule has 1 aliphatic rings. The summed E-state index contributed by atoms with van der Waals surface area (Å²) in [5, 5.41) is 20.7. The SMILES string of the molecule is COc1ccccc1-c1cnccc1C(=O)Nc1nnc(OCc2ccc(C3(C(=O)O)CC3)cn2)s1. The molecule has 0 spiro atoms. The molecule has 0 saturated heterocycles. The van der Waals surface area contributed by atoms with Gasteiger partial charge in [-0.1, -0.05) is 29.4 Å².